The van der Waals surface area contributed by atoms with Gasteiger partial charge in [0.15, 0.2) is 5.82 Å². The summed E-state index contributed by atoms with van der Waals surface area (Å²) in [7, 11) is 5.23. The van der Waals surface area contributed by atoms with E-state index < -0.39 is 5.69 Å². The van der Waals surface area contributed by atoms with E-state index >= 15 is 0 Å². The van der Waals surface area contributed by atoms with Crippen molar-refractivity contribution in [3.8, 4) is 5.75 Å². The van der Waals surface area contributed by atoms with Crippen LogP contribution in [-0.4, -0.2) is 46.3 Å². The highest BCUT2D eigenvalue weighted by atomic mass is 16.5. The van der Waals surface area contributed by atoms with Crippen molar-refractivity contribution in [2.24, 2.45) is 0 Å². The van der Waals surface area contributed by atoms with Crippen LogP contribution in [0.25, 0.3) is 16.7 Å². The van der Waals surface area contributed by atoms with E-state index in [1.807, 2.05) is 32.3 Å². The van der Waals surface area contributed by atoms with Crippen LogP contribution in [0.1, 0.15) is 0 Å². The van der Waals surface area contributed by atoms with Gasteiger partial charge < -0.3 is 15.0 Å². The summed E-state index contributed by atoms with van der Waals surface area (Å²) < 4.78 is 7.74. The first kappa shape index (κ1) is 18.5. The first-order chi connectivity index (χ1) is 14.0. The fraction of sp³-hybridized carbons (Fsp3) is 0.200. The Bertz CT molecular complexity index is 1260. The van der Waals surface area contributed by atoms with Crippen LogP contribution in [0.4, 0.5) is 11.5 Å². The van der Waals surface area contributed by atoms with Crippen molar-refractivity contribution in [2.75, 3.05) is 31.4 Å². The van der Waals surface area contributed by atoms with Gasteiger partial charge in [0.2, 0.25) is 11.6 Å². The summed E-state index contributed by atoms with van der Waals surface area (Å²) in [6, 6.07) is 14.3. The molecule has 0 aliphatic carbocycles. The van der Waals surface area contributed by atoms with Crippen molar-refractivity contribution in [3.05, 3.63) is 59.0 Å². The third kappa shape index (κ3) is 3.38. The number of hydrogen-bond acceptors (Lipinski definition) is 6. The zero-order chi connectivity index (χ0) is 20.5. The molecule has 4 aromatic rings. The van der Waals surface area contributed by atoms with Gasteiger partial charge in [0.1, 0.15) is 12.3 Å². The lowest BCUT2D eigenvalue weighted by atomic mass is 10.3. The van der Waals surface area contributed by atoms with Crippen LogP contribution < -0.4 is 20.6 Å². The Morgan fingerprint density at radius 3 is 2.55 bits per heavy atom. The molecular formula is C20H20N6O3. The molecule has 9 nitrogen and oxygen atoms in total. The molecule has 9 heteroatoms. The largest absolute Gasteiger partial charge is 0.497 e. The number of carbonyl (C=O) groups excluding carboxylic acids is 1. The maximum absolute atomic E-state index is 13.0. The minimum Gasteiger partial charge on any atom is -0.497 e. The van der Waals surface area contributed by atoms with Gasteiger partial charge in [-0.1, -0.05) is 12.1 Å². The molecule has 0 unspecified atom stereocenters. The third-order valence-corrected chi connectivity index (χ3v) is 4.48. The summed E-state index contributed by atoms with van der Waals surface area (Å²) in [5, 5.41) is 7.13. The standard InChI is InChI=1S/C20H20N6O3/c1-24(2)18-19-23-25(12-17(27)21-13-8-10-14(29-3)11-9-13)20(28)26(19)16-7-5-4-6-15(16)22-18/h4-11H,12H2,1-3H3,(H,21,27). The van der Waals surface area contributed by atoms with Gasteiger partial charge in [-0.3, -0.25) is 4.79 Å². The molecule has 2 aromatic carbocycles. The van der Waals surface area contributed by atoms with E-state index in [1.54, 1.807) is 42.3 Å². The zero-order valence-corrected chi connectivity index (χ0v) is 16.3. The number of rotatable bonds is 5. The Kier molecular flexibility index (Phi) is 4.63. The second-order valence-corrected chi connectivity index (χ2v) is 6.69. The van der Waals surface area contributed by atoms with E-state index in [4.69, 9.17) is 4.74 Å². The van der Waals surface area contributed by atoms with Crippen molar-refractivity contribution in [2.45, 2.75) is 6.54 Å². The number of hydrogen-bond donors (Lipinski definition) is 1. The number of amides is 1. The fourth-order valence-electron chi connectivity index (χ4n) is 3.10. The Morgan fingerprint density at radius 2 is 1.86 bits per heavy atom. The molecule has 0 atom stereocenters. The number of carbonyl (C=O) groups is 1. The number of ether oxygens (including phenoxy) is 1. The molecule has 148 valence electrons. The summed E-state index contributed by atoms with van der Waals surface area (Å²) >= 11 is 0. The molecule has 0 spiro atoms. The minimum atomic E-state index is -0.397. The lowest BCUT2D eigenvalue weighted by molar-refractivity contribution is -0.117. The molecule has 0 aliphatic heterocycles. The Labute approximate surface area is 166 Å². The second kappa shape index (κ2) is 7.27. The van der Waals surface area contributed by atoms with Crippen molar-refractivity contribution in [3.63, 3.8) is 0 Å². The molecule has 1 amide bonds. The van der Waals surface area contributed by atoms with Gasteiger partial charge in [0, 0.05) is 19.8 Å². The summed E-state index contributed by atoms with van der Waals surface area (Å²) in [6.45, 7) is -0.215. The van der Waals surface area contributed by atoms with Crippen LogP contribution in [0.5, 0.6) is 5.75 Å². The SMILES string of the molecule is COc1ccc(NC(=O)Cn2nc3c(N(C)C)nc4ccccc4n3c2=O)cc1. The fourth-order valence-corrected chi connectivity index (χ4v) is 3.10. The van der Waals surface area contributed by atoms with E-state index in [1.165, 1.54) is 4.40 Å². The molecule has 2 heterocycles. The first-order valence-electron chi connectivity index (χ1n) is 8.97. The van der Waals surface area contributed by atoms with Gasteiger partial charge in [0.05, 0.1) is 18.1 Å². The van der Waals surface area contributed by atoms with E-state index in [-0.39, 0.29) is 12.5 Å². The monoisotopic (exact) mass is 392 g/mol. The summed E-state index contributed by atoms with van der Waals surface area (Å²) in [4.78, 5) is 31.9. The highest BCUT2D eigenvalue weighted by Crippen LogP contribution is 2.20. The topological polar surface area (TPSA) is 93.8 Å². The predicted molar refractivity (Wildman–Crippen MR) is 111 cm³/mol. The number of nitrogens with zero attached hydrogens (tertiary/aromatic N) is 5. The van der Waals surface area contributed by atoms with Gasteiger partial charge in [-0.15, -0.1) is 5.10 Å². The van der Waals surface area contributed by atoms with E-state index in [0.717, 1.165) is 4.68 Å². The van der Waals surface area contributed by atoms with Gasteiger partial charge in [-0.05, 0) is 36.4 Å². The molecule has 1 N–H and O–H groups in total. The number of methoxy groups -OCH3 is 1. The van der Waals surface area contributed by atoms with Crippen molar-refractivity contribution in [1.29, 1.82) is 0 Å². The van der Waals surface area contributed by atoms with E-state index in [0.29, 0.717) is 33.9 Å². The van der Waals surface area contributed by atoms with Crippen LogP contribution >= 0.6 is 0 Å². The number of benzene rings is 2. The smallest absolute Gasteiger partial charge is 0.351 e. The normalized spacial score (nSPS) is 11.0. The maximum Gasteiger partial charge on any atom is 0.351 e. The minimum absolute atomic E-state index is 0.215. The third-order valence-electron chi connectivity index (χ3n) is 4.48. The average Bonchev–Trinajstić information content (AvgIpc) is 3.04. The Morgan fingerprint density at radius 1 is 1.14 bits per heavy atom. The predicted octanol–water partition coefficient (Wildman–Crippen LogP) is 1.76. The van der Waals surface area contributed by atoms with Crippen molar-refractivity contribution in [1.82, 2.24) is 19.2 Å². The van der Waals surface area contributed by atoms with Gasteiger partial charge in [0.25, 0.3) is 0 Å². The molecule has 0 aliphatic rings. The zero-order valence-electron chi connectivity index (χ0n) is 16.3. The van der Waals surface area contributed by atoms with Crippen LogP contribution in [0, 0.1) is 0 Å². The molecule has 0 radical (unpaired) electrons. The molecule has 4 rings (SSSR count). The van der Waals surface area contributed by atoms with E-state index in [9.17, 15) is 9.59 Å². The first-order valence-corrected chi connectivity index (χ1v) is 8.97. The Balaban J connectivity index is 1.71. The lowest BCUT2D eigenvalue weighted by Crippen LogP contribution is -2.28. The van der Waals surface area contributed by atoms with Crippen LogP contribution in [-0.2, 0) is 11.3 Å². The number of aromatic nitrogens is 4. The molecule has 0 saturated carbocycles. The summed E-state index contributed by atoms with van der Waals surface area (Å²) in [6.07, 6.45) is 0. The van der Waals surface area contributed by atoms with Crippen LogP contribution in [0.3, 0.4) is 0 Å². The van der Waals surface area contributed by atoms with Crippen LogP contribution in [0.2, 0.25) is 0 Å². The number of fused-ring (bicyclic) bond motifs is 3. The summed E-state index contributed by atoms with van der Waals surface area (Å²) in [5.74, 6) is 0.884. The molecular weight excluding hydrogens is 372 g/mol. The van der Waals surface area contributed by atoms with Gasteiger partial charge in [-0.25, -0.2) is 18.9 Å². The Hall–Kier alpha value is -3.88. The van der Waals surface area contributed by atoms with Gasteiger partial charge >= 0.3 is 5.69 Å². The molecule has 29 heavy (non-hydrogen) atoms. The van der Waals surface area contributed by atoms with E-state index in [2.05, 4.69) is 15.4 Å². The molecule has 0 saturated heterocycles. The van der Waals surface area contributed by atoms with Gasteiger partial charge in [-0.2, -0.15) is 0 Å². The molecule has 2 aromatic heterocycles. The number of nitrogens with one attached hydrogen (secondary N) is 1. The highest BCUT2D eigenvalue weighted by Gasteiger charge is 2.18. The van der Waals surface area contributed by atoms with Crippen molar-refractivity contribution >= 4 is 34.1 Å². The quantitative estimate of drug-likeness (QED) is 0.556. The highest BCUT2D eigenvalue weighted by molar-refractivity contribution is 5.90. The van der Waals surface area contributed by atoms with Crippen LogP contribution in [0.15, 0.2) is 53.3 Å². The second-order valence-electron chi connectivity index (χ2n) is 6.69. The van der Waals surface area contributed by atoms with Crippen molar-refractivity contribution < 1.29 is 9.53 Å². The average molecular weight is 392 g/mol. The number of anilines is 2. The maximum atomic E-state index is 13.0. The molecule has 0 fully saturated rings. The lowest BCUT2D eigenvalue weighted by Gasteiger charge is -2.12. The number of para-hydroxylation sites is 2. The molecule has 0 bridgehead atoms. The summed E-state index contributed by atoms with van der Waals surface area (Å²) in [5.41, 5.74) is 1.92.